The van der Waals surface area contributed by atoms with Crippen molar-refractivity contribution in [3.63, 3.8) is 0 Å². The number of hydrogen-bond donors (Lipinski definition) is 1. The number of thioether (sulfide) groups is 1. The average Bonchev–Trinajstić information content (AvgIpc) is 3.00. The van der Waals surface area contributed by atoms with Crippen LogP contribution in [0.5, 0.6) is 0 Å². The van der Waals surface area contributed by atoms with Gasteiger partial charge in [-0.3, -0.25) is 24.3 Å². The lowest BCUT2D eigenvalue weighted by molar-refractivity contribution is -0.125. The molecule has 2 aromatic carbocycles. The smallest absolute Gasteiger partial charge is 0.289 e. The molecule has 1 saturated heterocycles. The molecule has 1 aromatic heterocycles. The lowest BCUT2D eigenvalue weighted by atomic mass is 10.1. The molecule has 0 bridgehead atoms. The predicted octanol–water partition coefficient (Wildman–Crippen LogP) is 4.34. The van der Waals surface area contributed by atoms with Gasteiger partial charge in [0.15, 0.2) is 0 Å². The van der Waals surface area contributed by atoms with Crippen LogP contribution in [0, 0.1) is 0 Å². The van der Waals surface area contributed by atoms with Crippen LogP contribution in [0.4, 0.5) is 10.5 Å². The van der Waals surface area contributed by atoms with Gasteiger partial charge < -0.3 is 5.32 Å². The summed E-state index contributed by atoms with van der Waals surface area (Å²) in [5, 5.41) is 3.84. The monoisotopic (exact) mass is 411 g/mol. The van der Waals surface area contributed by atoms with Gasteiger partial charge in [-0.2, -0.15) is 0 Å². The molecule has 28 heavy (non-hydrogen) atoms. The molecule has 0 radical (unpaired) electrons. The second kappa shape index (κ2) is 7.61. The first-order valence-corrected chi connectivity index (χ1v) is 9.79. The van der Waals surface area contributed by atoms with E-state index < -0.39 is 0 Å². The van der Waals surface area contributed by atoms with E-state index in [4.69, 9.17) is 11.6 Å². The zero-order valence-electron chi connectivity index (χ0n) is 14.5. The highest BCUT2D eigenvalue weighted by Crippen LogP contribution is 2.24. The molecule has 0 aliphatic carbocycles. The zero-order valence-corrected chi connectivity index (χ0v) is 16.1. The molecule has 6 nitrogen and oxygen atoms in total. The Labute approximate surface area is 169 Å². The van der Waals surface area contributed by atoms with E-state index in [9.17, 15) is 14.4 Å². The van der Waals surface area contributed by atoms with Gasteiger partial charge in [0, 0.05) is 22.3 Å². The fourth-order valence-corrected chi connectivity index (χ4v) is 3.89. The molecule has 1 aliphatic heterocycles. The summed E-state index contributed by atoms with van der Waals surface area (Å²) in [4.78, 5) is 41.6. The molecule has 0 saturated carbocycles. The van der Waals surface area contributed by atoms with Crippen molar-refractivity contribution in [2.75, 3.05) is 11.1 Å². The van der Waals surface area contributed by atoms with E-state index in [2.05, 4.69) is 10.3 Å². The summed E-state index contributed by atoms with van der Waals surface area (Å²) >= 11 is 7.13. The number of amides is 3. The maximum absolute atomic E-state index is 12.7. The lowest BCUT2D eigenvalue weighted by Gasteiger charge is -2.13. The summed E-state index contributed by atoms with van der Waals surface area (Å²) in [6.45, 7) is 0.224. The highest BCUT2D eigenvalue weighted by Gasteiger charge is 2.29. The lowest BCUT2D eigenvalue weighted by Crippen LogP contribution is -2.27. The number of aromatic nitrogens is 1. The summed E-state index contributed by atoms with van der Waals surface area (Å²) in [5.74, 6) is -0.317. The molecule has 1 fully saturated rings. The number of rotatable bonds is 4. The normalized spacial score (nSPS) is 14.0. The van der Waals surface area contributed by atoms with Crippen molar-refractivity contribution < 1.29 is 14.4 Å². The van der Waals surface area contributed by atoms with Crippen LogP contribution in [0.15, 0.2) is 54.7 Å². The third-order valence-corrected chi connectivity index (χ3v) is 5.38. The van der Waals surface area contributed by atoms with Crippen LogP contribution < -0.4 is 5.32 Å². The van der Waals surface area contributed by atoms with Crippen LogP contribution in [0.2, 0.25) is 5.02 Å². The average molecular weight is 412 g/mol. The molecule has 2 heterocycles. The van der Waals surface area contributed by atoms with Crippen molar-refractivity contribution in [3.8, 4) is 0 Å². The molecule has 140 valence electrons. The Balaban J connectivity index is 1.51. The Morgan fingerprint density at radius 1 is 1.18 bits per heavy atom. The van der Waals surface area contributed by atoms with Crippen LogP contribution in [0.1, 0.15) is 15.9 Å². The Morgan fingerprint density at radius 3 is 2.68 bits per heavy atom. The molecule has 3 amide bonds. The highest BCUT2D eigenvalue weighted by atomic mass is 35.5. The Bertz CT molecular complexity index is 1090. The van der Waals surface area contributed by atoms with Gasteiger partial charge >= 0.3 is 0 Å². The van der Waals surface area contributed by atoms with E-state index in [1.807, 2.05) is 6.07 Å². The summed E-state index contributed by atoms with van der Waals surface area (Å²) in [6.07, 6.45) is 1.63. The first-order chi connectivity index (χ1) is 13.5. The second-order valence-electron chi connectivity index (χ2n) is 6.21. The molecule has 1 N–H and O–H groups in total. The van der Waals surface area contributed by atoms with Crippen LogP contribution in [0.3, 0.4) is 0 Å². The Kier molecular flexibility index (Phi) is 5.02. The highest BCUT2D eigenvalue weighted by molar-refractivity contribution is 8.14. The minimum absolute atomic E-state index is 0.187. The number of carbonyl (C=O) groups is 3. The maximum atomic E-state index is 12.7. The number of halogens is 1. The number of anilines is 1. The SMILES string of the molecule is O=C(Nc1ccc(CN2C(=O)CSC2=O)cc1)c1cc(Cl)cc2cccnc12. The minimum atomic E-state index is -0.319. The third kappa shape index (κ3) is 3.72. The number of carbonyl (C=O) groups excluding carboxylic acids is 3. The van der Waals surface area contributed by atoms with E-state index in [0.29, 0.717) is 21.8 Å². The molecular formula is C20H14ClN3O3S. The van der Waals surface area contributed by atoms with E-state index in [-0.39, 0.29) is 29.4 Å². The molecule has 0 unspecified atom stereocenters. The second-order valence-corrected chi connectivity index (χ2v) is 7.58. The van der Waals surface area contributed by atoms with E-state index in [0.717, 1.165) is 22.7 Å². The minimum Gasteiger partial charge on any atom is -0.322 e. The quantitative estimate of drug-likeness (QED) is 0.691. The van der Waals surface area contributed by atoms with Gasteiger partial charge in [0.05, 0.1) is 23.4 Å². The number of hydrogen-bond acceptors (Lipinski definition) is 5. The van der Waals surface area contributed by atoms with Gasteiger partial charge in [-0.05, 0) is 35.9 Å². The summed E-state index contributed by atoms with van der Waals surface area (Å²) in [6, 6.07) is 14.0. The van der Waals surface area contributed by atoms with Gasteiger partial charge in [0.1, 0.15) is 0 Å². The van der Waals surface area contributed by atoms with Gasteiger partial charge in [-0.15, -0.1) is 0 Å². The van der Waals surface area contributed by atoms with Crippen LogP contribution in [-0.2, 0) is 11.3 Å². The number of imide groups is 1. The number of nitrogens with zero attached hydrogens (tertiary/aromatic N) is 2. The van der Waals surface area contributed by atoms with Crippen molar-refractivity contribution in [1.82, 2.24) is 9.88 Å². The van der Waals surface area contributed by atoms with Gasteiger partial charge in [0.2, 0.25) is 5.91 Å². The largest absolute Gasteiger partial charge is 0.322 e. The number of benzene rings is 2. The van der Waals surface area contributed by atoms with Crippen LogP contribution >= 0.6 is 23.4 Å². The number of pyridine rings is 1. The van der Waals surface area contributed by atoms with Crippen molar-refractivity contribution in [2.45, 2.75) is 6.54 Å². The zero-order chi connectivity index (χ0) is 19.7. The summed E-state index contributed by atoms with van der Waals surface area (Å²) in [7, 11) is 0. The maximum Gasteiger partial charge on any atom is 0.289 e. The first-order valence-electron chi connectivity index (χ1n) is 8.43. The van der Waals surface area contributed by atoms with Gasteiger partial charge in [-0.1, -0.05) is 41.6 Å². The number of nitrogens with one attached hydrogen (secondary N) is 1. The fourth-order valence-electron chi connectivity index (χ4n) is 2.94. The van der Waals surface area contributed by atoms with E-state index in [1.54, 1.807) is 48.7 Å². The third-order valence-electron chi connectivity index (χ3n) is 4.31. The van der Waals surface area contributed by atoms with Crippen LogP contribution in [0.25, 0.3) is 10.9 Å². The van der Waals surface area contributed by atoms with Crippen molar-refractivity contribution >= 4 is 57.0 Å². The molecule has 8 heteroatoms. The Hall–Kier alpha value is -2.90. The predicted molar refractivity (Wildman–Crippen MR) is 110 cm³/mol. The van der Waals surface area contributed by atoms with Crippen molar-refractivity contribution in [2.24, 2.45) is 0 Å². The Morgan fingerprint density at radius 2 is 1.96 bits per heavy atom. The first kappa shape index (κ1) is 18.5. The number of fused-ring (bicyclic) bond motifs is 1. The van der Waals surface area contributed by atoms with Gasteiger partial charge in [-0.25, -0.2) is 0 Å². The van der Waals surface area contributed by atoms with Crippen molar-refractivity contribution in [3.05, 3.63) is 70.9 Å². The van der Waals surface area contributed by atoms with E-state index >= 15 is 0 Å². The molecule has 0 spiro atoms. The molecule has 1 aliphatic rings. The molecule has 4 rings (SSSR count). The standard InChI is InChI=1S/C20H14ClN3O3S/c21-14-8-13-2-1-7-22-18(13)16(9-14)19(26)23-15-5-3-12(4-6-15)10-24-17(25)11-28-20(24)27/h1-9H,10-11H2,(H,23,26). The van der Waals surface area contributed by atoms with Gasteiger partial charge in [0.25, 0.3) is 11.1 Å². The molecule has 3 aromatic rings. The topological polar surface area (TPSA) is 79.4 Å². The molecular weight excluding hydrogens is 398 g/mol. The summed E-state index contributed by atoms with van der Waals surface area (Å²) in [5.41, 5.74) is 2.35. The van der Waals surface area contributed by atoms with Crippen LogP contribution in [-0.4, -0.2) is 32.7 Å². The fraction of sp³-hybridized carbons (Fsp3) is 0.100. The molecule has 0 atom stereocenters. The summed E-state index contributed by atoms with van der Waals surface area (Å²) < 4.78 is 0. The van der Waals surface area contributed by atoms with Crippen molar-refractivity contribution in [1.29, 1.82) is 0 Å². The van der Waals surface area contributed by atoms with E-state index in [1.165, 1.54) is 4.90 Å².